The number of pyridine rings is 1. The highest BCUT2D eigenvalue weighted by Gasteiger charge is 2.23. The number of nitro benzene ring substituents is 1. The number of hydrogen-bond donors (Lipinski definition) is 2. The lowest BCUT2D eigenvalue weighted by Crippen LogP contribution is -2.48. The fourth-order valence-corrected chi connectivity index (χ4v) is 2.85. The molecule has 0 spiro atoms. The van der Waals surface area contributed by atoms with Crippen molar-refractivity contribution >= 4 is 23.5 Å². The van der Waals surface area contributed by atoms with Crippen LogP contribution in [0.4, 0.5) is 5.69 Å². The zero-order chi connectivity index (χ0) is 22.1. The second kappa shape index (κ2) is 10.6. The van der Waals surface area contributed by atoms with E-state index in [0.29, 0.717) is 43.9 Å². The van der Waals surface area contributed by atoms with E-state index in [9.17, 15) is 14.9 Å². The number of hydrogen-bond acceptors (Lipinski definition) is 7. The maximum Gasteiger partial charge on any atom is 0.414 e. The molecule has 1 aliphatic heterocycles. The van der Waals surface area contributed by atoms with Crippen LogP contribution >= 0.6 is 0 Å². The van der Waals surface area contributed by atoms with Gasteiger partial charge < -0.3 is 15.1 Å². The Labute approximate surface area is 171 Å². The number of nitrogens with zero attached hydrogens (tertiary/aromatic N) is 4. The van der Waals surface area contributed by atoms with Crippen LogP contribution in [0.15, 0.2) is 48.8 Å². The average Bonchev–Trinajstić information content (AvgIpc) is 2.75. The Morgan fingerprint density at radius 1 is 0.967 bits per heavy atom. The fourth-order valence-electron chi connectivity index (χ4n) is 2.85. The second-order valence-corrected chi connectivity index (χ2v) is 6.30. The van der Waals surface area contributed by atoms with Gasteiger partial charge in [0, 0.05) is 62.3 Å². The van der Waals surface area contributed by atoms with Crippen LogP contribution in [0, 0.1) is 10.1 Å². The monoisotopic (exact) mass is 416 g/mol. The molecule has 1 aromatic carbocycles. The van der Waals surface area contributed by atoms with Crippen molar-refractivity contribution in [3.8, 4) is 0 Å². The Morgan fingerprint density at radius 2 is 1.53 bits per heavy atom. The van der Waals surface area contributed by atoms with Crippen LogP contribution in [0.25, 0.3) is 0 Å². The van der Waals surface area contributed by atoms with Gasteiger partial charge in [-0.05, 0) is 12.1 Å². The van der Waals surface area contributed by atoms with Crippen molar-refractivity contribution < 1.29 is 29.5 Å². The number of piperazine rings is 1. The molecule has 2 N–H and O–H groups in total. The molecule has 30 heavy (non-hydrogen) atoms. The molecule has 11 heteroatoms. The number of carboxylic acid groups (broad SMARTS) is 2. The summed E-state index contributed by atoms with van der Waals surface area (Å²) in [6, 6.07) is 10.2. The first kappa shape index (κ1) is 22.4. The SMILES string of the molecule is O=C(O)C(=O)O.O=C(c1ccncc1)N1CCN(Cc2ccccc2[N+](=O)[O-])CC1. The molecule has 3 rings (SSSR count). The van der Waals surface area contributed by atoms with E-state index in [2.05, 4.69) is 9.88 Å². The maximum atomic E-state index is 12.4. The molecule has 0 bridgehead atoms. The molecule has 2 aromatic rings. The normalized spacial score (nSPS) is 13.7. The molecule has 0 radical (unpaired) electrons. The third kappa shape index (κ3) is 6.34. The Morgan fingerprint density at radius 3 is 2.07 bits per heavy atom. The largest absolute Gasteiger partial charge is 0.473 e. The average molecular weight is 416 g/mol. The van der Waals surface area contributed by atoms with Gasteiger partial charge in [-0.2, -0.15) is 0 Å². The highest BCUT2D eigenvalue weighted by molar-refractivity contribution is 6.27. The van der Waals surface area contributed by atoms with E-state index in [-0.39, 0.29) is 16.5 Å². The van der Waals surface area contributed by atoms with Gasteiger partial charge in [0.1, 0.15) is 0 Å². The lowest BCUT2D eigenvalue weighted by molar-refractivity contribution is -0.385. The van der Waals surface area contributed by atoms with E-state index in [4.69, 9.17) is 19.8 Å². The van der Waals surface area contributed by atoms with Gasteiger partial charge >= 0.3 is 11.9 Å². The van der Waals surface area contributed by atoms with E-state index >= 15 is 0 Å². The highest BCUT2D eigenvalue weighted by Crippen LogP contribution is 2.20. The van der Waals surface area contributed by atoms with Crippen molar-refractivity contribution in [2.75, 3.05) is 26.2 Å². The van der Waals surface area contributed by atoms with Crippen molar-refractivity contribution in [1.82, 2.24) is 14.8 Å². The summed E-state index contributed by atoms with van der Waals surface area (Å²) < 4.78 is 0. The minimum Gasteiger partial charge on any atom is -0.473 e. The Hall–Kier alpha value is -3.86. The van der Waals surface area contributed by atoms with Crippen LogP contribution in [-0.4, -0.2) is 73.9 Å². The predicted octanol–water partition coefficient (Wildman–Crippen LogP) is 1.10. The molecule has 11 nitrogen and oxygen atoms in total. The highest BCUT2D eigenvalue weighted by atomic mass is 16.6. The molecule has 2 heterocycles. The third-order valence-electron chi connectivity index (χ3n) is 4.35. The van der Waals surface area contributed by atoms with Gasteiger partial charge in [0.2, 0.25) is 0 Å². The number of benzene rings is 1. The van der Waals surface area contributed by atoms with Crippen molar-refractivity contribution in [3.63, 3.8) is 0 Å². The minimum atomic E-state index is -1.82. The Balaban J connectivity index is 0.000000469. The fraction of sp³-hybridized carbons (Fsp3) is 0.263. The summed E-state index contributed by atoms with van der Waals surface area (Å²) in [6.07, 6.45) is 3.22. The van der Waals surface area contributed by atoms with E-state index in [0.717, 1.165) is 0 Å². The molecule has 1 aromatic heterocycles. The predicted molar refractivity (Wildman–Crippen MR) is 104 cm³/mol. The lowest BCUT2D eigenvalue weighted by atomic mass is 10.1. The zero-order valence-electron chi connectivity index (χ0n) is 15.9. The van der Waals surface area contributed by atoms with Gasteiger partial charge in [0.05, 0.1) is 4.92 Å². The smallest absolute Gasteiger partial charge is 0.414 e. The Kier molecular flexibility index (Phi) is 7.94. The summed E-state index contributed by atoms with van der Waals surface area (Å²) in [7, 11) is 0. The van der Waals surface area contributed by atoms with Gasteiger partial charge in [-0.15, -0.1) is 0 Å². The van der Waals surface area contributed by atoms with Crippen LogP contribution in [0.3, 0.4) is 0 Å². The molecule has 1 aliphatic rings. The maximum absolute atomic E-state index is 12.4. The topological polar surface area (TPSA) is 154 Å². The van der Waals surface area contributed by atoms with Crippen molar-refractivity contribution in [1.29, 1.82) is 0 Å². The number of carboxylic acids is 2. The van der Waals surface area contributed by atoms with E-state index in [1.165, 1.54) is 6.07 Å². The Bertz CT molecular complexity index is 900. The molecular weight excluding hydrogens is 396 g/mol. The van der Waals surface area contributed by atoms with Gasteiger partial charge in [-0.25, -0.2) is 9.59 Å². The molecule has 0 atom stereocenters. The quantitative estimate of drug-likeness (QED) is 0.423. The van der Waals surface area contributed by atoms with Crippen LogP contribution in [0.2, 0.25) is 0 Å². The van der Waals surface area contributed by atoms with Gasteiger partial charge in [-0.3, -0.25) is 24.8 Å². The molecule has 158 valence electrons. The lowest BCUT2D eigenvalue weighted by Gasteiger charge is -2.34. The van der Waals surface area contributed by atoms with Gasteiger partial charge in [-0.1, -0.05) is 18.2 Å². The second-order valence-electron chi connectivity index (χ2n) is 6.30. The van der Waals surface area contributed by atoms with Gasteiger partial charge in [0.25, 0.3) is 11.6 Å². The summed E-state index contributed by atoms with van der Waals surface area (Å²) in [6.45, 7) is 3.14. The van der Waals surface area contributed by atoms with Gasteiger partial charge in [0.15, 0.2) is 0 Å². The van der Waals surface area contributed by atoms with Crippen LogP contribution in [0.1, 0.15) is 15.9 Å². The molecule has 1 fully saturated rings. The number of carbonyl (C=O) groups is 3. The summed E-state index contributed by atoms with van der Waals surface area (Å²) in [5, 5.41) is 25.9. The molecular formula is C19H20N4O7. The number of aliphatic carboxylic acids is 2. The van der Waals surface area contributed by atoms with Crippen molar-refractivity contribution in [2.45, 2.75) is 6.54 Å². The zero-order valence-corrected chi connectivity index (χ0v) is 15.9. The number of para-hydroxylation sites is 1. The summed E-state index contributed by atoms with van der Waals surface area (Å²) in [4.78, 5) is 49.2. The first-order valence-corrected chi connectivity index (χ1v) is 8.89. The summed E-state index contributed by atoms with van der Waals surface area (Å²) in [5.74, 6) is -3.65. The van der Waals surface area contributed by atoms with Crippen molar-refractivity contribution in [2.24, 2.45) is 0 Å². The van der Waals surface area contributed by atoms with E-state index < -0.39 is 11.9 Å². The third-order valence-corrected chi connectivity index (χ3v) is 4.35. The molecule has 0 aliphatic carbocycles. The summed E-state index contributed by atoms with van der Waals surface area (Å²) >= 11 is 0. The van der Waals surface area contributed by atoms with E-state index in [1.54, 1.807) is 36.7 Å². The first-order valence-electron chi connectivity index (χ1n) is 8.89. The van der Waals surface area contributed by atoms with Crippen LogP contribution < -0.4 is 0 Å². The summed E-state index contributed by atoms with van der Waals surface area (Å²) in [5.41, 5.74) is 1.49. The first-order chi connectivity index (χ1) is 14.3. The molecule has 1 amide bonds. The molecule has 0 saturated carbocycles. The number of nitro groups is 1. The van der Waals surface area contributed by atoms with Crippen LogP contribution in [0.5, 0.6) is 0 Å². The number of rotatable bonds is 4. The van der Waals surface area contributed by atoms with E-state index in [1.807, 2.05) is 11.0 Å². The molecule has 0 unspecified atom stereocenters. The standard InChI is InChI=1S/C17H18N4O3.C2H2O4/c22-17(14-5-7-18-8-6-14)20-11-9-19(10-12-20)13-15-3-1-2-4-16(15)21(23)24;3-1(4)2(5)6/h1-8H,9-13H2;(H,3,4)(H,5,6). The van der Waals surface area contributed by atoms with Crippen LogP contribution in [-0.2, 0) is 16.1 Å². The number of carbonyl (C=O) groups excluding carboxylic acids is 1. The number of amides is 1. The minimum absolute atomic E-state index is 0.00254. The number of aromatic nitrogens is 1. The molecule has 1 saturated heterocycles. The van der Waals surface area contributed by atoms with Crippen molar-refractivity contribution in [3.05, 3.63) is 70.0 Å².